The van der Waals surface area contributed by atoms with Crippen molar-refractivity contribution in [3.8, 4) is 0 Å². The minimum atomic E-state index is 0.0424. The molecule has 0 bridgehead atoms. The molecule has 1 aliphatic rings. The van der Waals surface area contributed by atoms with Crippen LogP contribution in [-0.2, 0) is 6.61 Å². The predicted molar refractivity (Wildman–Crippen MR) is 78.8 cm³/mol. The highest BCUT2D eigenvalue weighted by molar-refractivity contribution is 5.44. The molecular formula is C15H18N4O. The minimum Gasteiger partial charge on any atom is -0.392 e. The zero-order chi connectivity index (χ0) is 13.8. The largest absolute Gasteiger partial charge is 0.392 e. The lowest BCUT2D eigenvalue weighted by Gasteiger charge is -2.36. The van der Waals surface area contributed by atoms with Crippen molar-refractivity contribution < 1.29 is 5.11 Å². The van der Waals surface area contributed by atoms with Crippen molar-refractivity contribution in [3.63, 3.8) is 0 Å². The number of nitrogens with zero attached hydrogens (tertiary/aromatic N) is 4. The lowest BCUT2D eigenvalue weighted by atomic mass is 10.2. The molecule has 0 spiro atoms. The van der Waals surface area contributed by atoms with Crippen LogP contribution in [0.1, 0.15) is 5.56 Å². The smallest absolute Gasteiger partial charge is 0.128 e. The SMILES string of the molecule is OCc1ccc(N2CCN(c3ccccn3)CC2)nc1. The summed E-state index contributed by atoms with van der Waals surface area (Å²) in [4.78, 5) is 13.3. The van der Waals surface area contributed by atoms with Crippen molar-refractivity contribution >= 4 is 11.6 Å². The first-order valence-electron chi connectivity index (χ1n) is 6.83. The highest BCUT2D eigenvalue weighted by Gasteiger charge is 2.18. The van der Waals surface area contributed by atoms with Crippen LogP contribution >= 0.6 is 0 Å². The van der Waals surface area contributed by atoms with Crippen molar-refractivity contribution in [3.05, 3.63) is 48.3 Å². The zero-order valence-electron chi connectivity index (χ0n) is 11.3. The van der Waals surface area contributed by atoms with Gasteiger partial charge in [0.05, 0.1) is 6.61 Å². The Morgan fingerprint density at radius 2 is 1.60 bits per heavy atom. The zero-order valence-corrected chi connectivity index (χ0v) is 11.3. The molecular weight excluding hydrogens is 252 g/mol. The van der Waals surface area contributed by atoms with Crippen LogP contribution in [-0.4, -0.2) is 41.3 Å². The fraction of sp³-hybridized carbons (Fsp3) is 0.333. The van der Waals surface area contributed by atoms with Crippen LogP contribution in [0, 0.1) is 0 Å². The Morgan fingerprint density at radius 3 is 2.10 bits per heavy atom. The molecule has 20 heavy (non-hydrogen) atoms. The molecule has 1 aliphatic heterocycles. The molecule has 104 valence electrons. The predicted octanol–water partition coefficient (Wildman–Crippen LogP) is 1.30. The first-order chi connectivity index (χ1) is 9.86. The van der Waals surface area contributed by atoms with Crippen molar-refractivity contribution in [2.75, 3.05) is 36.0 Å². The Morgan fingerprint density at radius 1 is 0.900 bits per heavy atom. The summed E-state index contributed by atoms with van der Waals surface area (Å²) in [6.07, 6.45) is 3.57. The maximum absolute atomic E-state index is 9.03. The number of hydrogen-bond donors (Lipinski definition) is 1. The van der Waals surface area contributed by atoms with Gasteiger partial charge in [-0.3, -0.25) is 0 Å². The normalized spacial score (nSPS) is 15.4. The van der Waals surface area contributed by atoms with Crippen LogP contribution in [0.25, 0.3) is 0 Å². The summed E-state index contributed by atoms with van der Waals surface area (Å²) < 4.78 is 0. The van der Waals surface area contributed by atoms with Crippen LogP contribution in [0.2, 0.25) is 0 Å². The van der Waals surface area contributed by atoms with E-state index in [2.05, 4.69) is 19.8 Å². The summed E-state index contributed by atoms with van der Waals surface area (Å²) >= 11 is 0. The van der Waals surface area contributed by atoms with Gasteiger partial charge < -0.3 is 14.9 Å². The van der Waals surface area contributed by atoms with Crippen molar-refractivity contribution in [2.45, 2.75) is 6.61 Å². The molecule has 0 radical (unpaired) electrons. The average Bonchev–Trinajstić information content (AvgIpc) is 2.56. The van der Waals surface area contributed by atoms with Gasteiger partial charge in [0, 0.05) is 38.6 Å². The summed E-state index contributed by atoms with van der Waals surface area (Å²) in [5.41, 5.74) is 0.848. The van der Waals surface area contributed by atoms with Crippen molar-refractivity contribution in [1.29, 1.82) is 0 Å². The Balaban J connectivity index is 1.63. The Hall–Kier alpha value is -2.14. The topological polar surface area (TPSA) is 52.5 Å². The third kappa shape index (κ3) is 2.72. The van der Waals surface area contributed by atoms with E-state index in [1.165, 1.54) is 0 Å². The Kier molecular flexibility index (Phi) is 3.78. The summed E-state index contributed by atoms with van der Waals surface area (Å²) in [6, 6.07) is 9.90. The van der Waals surface area contributed by atoms with E-state index in [0.29, 0.717) is 0 Å². The molecule has 2 aromatic rings. The molecule has 3 heterocycles. The van der Waals surface area contributed by atoms with E-state index in [4.69, 9.17) is 5.11 Å². The highest BCUT2D eigenvalue weighted by atomic mass is 16.3. The van der Waals surface area contributed by atoms with E-state index >= 15 is 0 Å². The fourth-order valence-corrected chi connectivity index (χ4v) is 2.40. The van der Waals surface area contributed by atoms with Gasteiger partial charge in [0.2, 0.25) is 0 Å². The van der Waals surface area contributed by atoms with Crippen LogP contribution in [0.15, 0.2) is 42.7 Å². The van der Waals surface area contributed by atoms with Gasteiger partial charge in [-0.2, -0.15) is 0 Å². The van der Waals surface area contributed by atoms with Crippen molar-refractivity contribution in [1.82, 2.24) is 9.97 Å². The van der Waals surface area contributed by atoms with Crippen molar-refractivity contribution in [2.24, 2.45) is 0 Å². The molecule has 0 amide bonds. The van der Waals surface area contributed by atoms with E-state index < -0.39 is 0 Å². The van der Waals surface area contributed by atoms with Gasteiger partial charge >= 0.3 is 0 Å². The Bertz CT molecular complexity index is 536. The third-order valence-electron chi connectivity index (χ3n) is 3.57. The van der Waals surface area contributed by atoms with E-state index in [1.54, 1.807) is 6.20 Å². The standard InChI is InChI=1S/C15H18N4O/c20-12-13-4-5-15(17-11-13)19-9-7-18(8-10-19)14-3-1-2-6-16-14/h1-6,11,20H,7-10,12H2. The fourth-order valence-electron chi connectivity index (χ4n) is 2.40. The number of piperazine rings is 1. The number of rotatable bonds is 3. The molecule has 1 N–H and O–H groups in total. The quantitative estimate of drug-likeness (QED) is 0.911. The summed E-state index contributed by atoms with van der Waals surface area (Å²) in [7, 11) is 0. The molecule has 3 rings (SSSR count). The minimum absolute atomic E-state index is 0.0424. The monoisotopic (exact) mass is 270 g/mol. The summed E-state index contributed by atoms with van der Waals surface area (Å²) in [5, 5.41) is 9.03. The third-order valence-corrected chi connectivity index (χ3v) is 3.57. The molecule has 5 heteroatoms. The number of anilines is 2. The molecule has 0 unspecified atom stereocenters. The van der Waals surface area contributed by atoms with Gasteiger partial charge in [0.1, 0.15) is 11.6 Å². The number of hydrogen-bond acceptors (Lipinski definition) is 5. The van der Waals surface area contributed by atoms with Gasteiger partial charge in [-0.25, -0.2) is 9.97 Å². The second-order valence-corrected chi connectivity index (χ2v) is 4.84. The van der Waals surface area contributed by atoms with Gasteiger partial charge in [-0.1, -0.05) is 12.1 Å². The number of aliphatic hydroxyl groups excluding tert-OH is 1. The van der Waals surface area contributed by atoms with Crippen LogP contribution in [0.3, 0.4) is 0 Å². The van der Waals surface area contributed by atoms with E-state index in [0.717, 1.165) is 43.4 Å². The molecule has 0 aliphatic carbocycles. The van der Waals surface area contributed by atoms with E-state index in [9.17, 15) is 0 Å². The van der Waals surface area contributed by atoms with E-state index in [1.807, 2.05) is 36.5 Å². The second-order valence-electron chi connectivity index (χ2n) is 4.84. The first-order valence-corrected chi connectivity index (χ1v) is 6.83. The Labute approximate surface area is 118 Å². The maximum Gasteiger partial charge on any atom is 0.128 e. The van der Waals surface area contributed by atoms with Crippen LogP contribution in [0.4, 0.5) is 11.6 Å². The second kappa shape index (κ2) is 5.88. The highest BCUT2D eigenvalue weighted by Crippen LogP contribution is 2.17. The number of aliphatic hydroxyl groups is 1. The molecule has 2 aromatic heterocycles. The molecule has 0 atom stereocenters. The van der Waals surface area contributed by atoms with Gasteiger partial charge in [0.25, 0.3) is 0 Å². The van der Waals surface area contributed by atoms with Gasteiger partial charge in [0.15, 0.2) is 0 Å². The van der Waals surface area contributed by atoms with Gasteiger partial charge in [-0.05, 0) is 23.8 Å². The molecule has 0 saturated carbocycles. The van der Waals surface area contributed by atoms with Crippen LogP contribution < -0.4 is 9.80 Å². The van der Waals surface area contributed by atoms with Gasteiger partial charge in [-0.15, -0.1) is 0 Å². The molecule has 1 saturated heterocycles. The number of aromatic nitrogens is 2. The summed E-state index contributed by atoms with van der Waals surface area (Å²) in [5.74, 6) is 2.01. The molecule has 0 aromatic carbocycles. The molecule has 1 fully saturated rings. The summed E-state index contributed by atoms with van der Waals surface area (Å²) in [6.45, 7) is 3.80. The lowest BCUT2D eigenvalue weighted by Crippen LogP contribution is -2.47. The average molecular weight is 270 g/mol. The molecule has 5 nitrogen and oxygen atoms in total. The lowest BCUT2D eigenvalue weighted by molar-refractivity contribution is 0.281. The van der Waals surface area contributed by atoms with Crippen LogP contribution in [0.5, 0.6) is 0 Å². The maximum atomic E-state index is 9.03. The van der Waals surface area contributed by atoms with E-state index in [-0.39, 0.29) is 6.61 Å². The number of pyridine rings is 2. The first kappa shape index (κ1) is 12.9.